The number of allylic oxidation sites excluding steroid dienone is 1. The standard InChI is InChI=1S/C32H20Cl2O6/c1-2-37-20-10-13-26-23(16-20)29(31(40-26)19-6-4-3-5-7-19)32(36)38-21-9-11-22-27(17-21)39-28(30(22)35)15-18-8-12-24(33)25(34)14-18/h3-17H,2H2,1H3. The number of esters is 1. The van der Waals surface area contributed by atoms with E-state index in [1.54, 1.807) is 54.6 Å². The lowest BCUT2D eigenvalue weighted by molar-refractivity contribution is 0.0736. The normalized spacial score (nSPS) is 13.4. The van der Waals surface area contributed by atoms with Crippen molar-refractivity contribution in [2.75, 3.05) is 6.61 Å². The maximum absolute atomic E-state index is 13.6. The van der Waals surface area contributed by atoms with Crippen LogP contribution in [0.15, 0.2) is 95.1 Å². The Balaban J connectivity index is 1.33. The number of ether oxygens (including phenoxy) is 3. The molecular formula is C32H20Cl2O6. The Morgan fingerprint density at radius 2 is 1.70 bits per heavy atom. The van der Waals surface area contributed by atoms with E-state index in [1.165, 1.54) is 6.07 Å². The molecule has 2 heterocycles. The number of carbonyl (C=O) groups excluding carboxylic acids is 2. The van der Waals surface area contributed by atoms with Gasteiger partial charge in [0.1, 0.15) is 34.2 Å². The Morgan fingerprint density at radius 3 is 2.48 bits per heavy atom. The van der Waals surface area contributed by atoms with Gasteiger partial charge in [-0.2, -0.15) is 0 Å². The fourth-order valence-corrected chi connectivity index (χ4v) is 4.78. The van der Waals surface area contributed by atoms with Crippen LogP contribution in [0.2, 0.25) is 10.0 Å². The molecule has 0 spiro atoms. The molecule has 0 amide bonds. The smallest absolute Gasteiger partial charge is 0.348 e. The number of halogens is 2. The van der Waals surface area contributed by atoms with Crippen molar-refractivity contribution in [3.05, 3.63) is 117 Å². The number of benzene rings is 4. The maximum Gasteiger partial charge on any atom is 0.348 e. The molecule has 6 rings (SSSR count). The van der Waals surface area contributed by atoms with Gasteiger partial charge in [-0.1, -0.05) is 59.6 Å². The molecule has 0 atom stereocenters. The van der Waals surface area contributed by atoms with Crippen LogP contribution in [-0.2, 0) is 0 Å². The van der Waals surface area contributed by atoms with Gasteiger partial charge in [0, 0.05) is 17.0 Å². The summed E-state index contributed by atoms with van der Waals surface area (Å²) < 4.78 is 23.4. The summed E-state index contributed by atoms with van der Waals surface area (Å²) >= 11 is 12.1. The summed E-state index contributed by atoms with van der Waals surface area (Å²) in [6.45, 7) is 2.36. The second-order valence-electron chi connectivity index (χ2n) is 8.92. The Bertz CT molecular complexity index is 1820. The summed E-state index contributed by atoms with van der Waals surface area (Å²) in [6.07, 6.45) is 1.58. The summed E-state index contributed by atoms with van der Waals surface area (Å²) in [7, 11) is 0. The van der Waals surface area contributed by atoms with Gasteiger partial charge in [-0.3, -0.25) is 4.79 Å². The predicted molar refractivity (Wildman–Crippen MR) is 154 cm³/mol. The van der Waals surface area contributed by atoms with Gasteiger partial charge in [-0.05, 0) is 61.0 Å². The third kappa shape index (κ3) is 4.83. The van der Waals surface area contributed by atoms with Crippen LogP contribution in [0, 0.1) is 0 Å². The average Bonchev–Trinajstić information content (AvgIpc) is 3.48. The van der Waals surface area contributed by atoms with E-state index in [0.717, 1.165) is 5.56 Å². The van der Waals surface area contributed by atoms with Gasteiger partial charge in [0.2, 0.25) is 5.78 Å². The molecule has 1 aromatic heterocycles. The first-order valence-corrected chi connectivity index (χ1v) is 13.2. The molecule has 0 unspecified atom stereocenters. The highest BCUT2D eigenvalue weighted by atomic mass is 35.5. The molecule has 0 bridgehead atoms. The van der Waals surface area contributed by atoms with Crippen LogP contribution >= 0.6 is 23.2 Å². The fourth-order valence-electron chi connectivity index (χ4n) is 4.47. The van der Waals surface area contributed by atoms with Gasteiger partial charge >= 0.3 is 5.97 Å². The molecule has 0 radical (unpaired) electrons. The molecule has 5 aromatic rings. The largest absolute Gasteiger partial charge is 0.494 e. The van der Waals surface area contributed by atoms with Crippen molar-refractivity contribution >= 4 is 52.0 Å². The quantitative estimate of drug-likeness (QED) is 0.115. The monoisotopic (exact) mass is 570 g/mol. The minimum absolute atomic E-state index is 0.118. The molecular weight excluding hydrogens is 551 g/mol. The van der Waals surface area contributed by atoms with Crippen molar-refractivity contribution in [2.24, 2.45) is 0 Å². The van der Waals surface area contributed by atoms with E-state index in [1.807, 2.05) is 37.3 Å². The number of ketones is 1. The van der Waals surface area contributed by atoms with Crippen LogP contribution < -0.4 is 14.2 Å². The van der Waals surface area contributed by atoms with Crippen LogP contribution in [0.5, 0.6) is 17.2 Å². The van der Waals surface area contributed by atoms with Crippen LogP contribution in [-0.4, -0.2) is 18.4 Å². The van der Waals surface area contributed by atoms with E-state index < -0.39 is 5.97 Å². The Hall–Kier alpha value is -4.52. The van der Waals surface area contributed by atoms with E-state index in [4.69, 9.17) is 41.8 Å². The van der Waals surface area contributed by atoms with Gasteiger partial charge in [0.05, 0.1) is 22.2 Å². The first kappa shape index (κ1) is 25.7. The number of hydrogen-bond acceptors (Lipinski definition) is 6. The van der Waals surface area contributed by atoms with Gasteiger partial charge < -0.3 is 18.6 Å². The van der Waals surface area contributed by atoms with Crippen molar-refractivity contribution in [1.82, 2.24) is 0 Å². The van der Waals surface area contributed by atoms with Crippen LogP contribution in [0.1, 0.15) is 33.2 Å². The van der Waals surface area contributed by atoms with Crippen LogP contribution in [0.25, 0.3) is 28.4 Å². The number of furan rings is 1. The molecule has 0 N–H and O–H groups in total. The Morgan fingerprint density at radius 1 is 0.900 bits per heavy atom. The summed E-state index contributed by atoms with van der Waals surface area (Å²) in [6, 6.07) is 24.3. The fraction of sp³-hybridized carbons (Fsp3) is 0.0625. The van der Waals surface area contributed by atoms with E-state index >= 15 is 0 Å². The molecule has 0 aliphatic carbocycles. The number of fused-ring (bicyclic) bond motifs is 2. The SMILES string of the molecule is CCOc1ccc2oc(-c3ccccc3)c(C(=O)Oc3ccc4c(c3)OC(=Cc3ccc(Cl)c(Cl)c3)C4=O)c2c1. The zero-order valence-corrected chi connectivity index (χ0v) is 22.6. The molecule has 198 valence electrons. The molecule has 0 saturated heterocycles. The average molecular weight is 571 g/mol. The van der Waals surface area contributed by atoms with Gasteiger partial charge in [-0.15, -0.1) is 0 Å². The van der Waals surface area contributed by atoms with Crippen molar-refractivity contribution in [3.8, 4) is 28.6 Å². The van der Waals surface area contributed by atoms with Crippen molar-refractivity contribution < 1.29 is 28.2 Å². The summed E-state index contributed by atoms with van der Waals surface area (Å²) in [5.41, 5.74) is 2.52. The third-order valence-corrected chi connectivity index (χ3v) is 7.04. The molecule has 1 aliphatic rings. The van der Waals surface area contributed by atoms with Crippen LogP contribution in [0.3, 0.4) is 0 Å². The lowest BCUT2D eigenvalue weighted by atomic mass is 10.1. The lowest BCUT2D eigenvalue weighted by Gasteiger charge is -2.07. The summed E-state index contributed by atoms with van der Waals surface area (Å²) in [5.74, 6) is 0.676. The van der Waals surface area contributed by atoms with E-state index in [9.17, 15) is 9.59 Å². The Labute approximate surface area is 239 Å². The van der Waals surface area contributed by atoms with Gasteiger partial charge in [0.25, 0.3) is 0 Å². The maximum atomic E-state index is 13.6. The summed E-state index contributed by atoms with van der Waals surface area (Å²) in [5, 5.41) is 1.34. The molecule has 8 heteroatoms. The van der Waals surface area contributed by atoms with Gasteiger partial charge in [0.15, 0.2) is 5.76 Å². The lowest BCUT2D eigenvalue weighted by Crippen LogP contribution is -2.09. The second-order valence-corrected chi connectivity index (χ2v) is 9.74. The van der Waals surface area contributed by atoms with Crippen molar-refractivity contribution in [3.63, 3.8) is 0 Å². The molecule has 1 aliphatic heterocycles. The second kappa shape index (κ2) is 10.6. The van der Waals surface area contributed by atoms with E-state index in [-0.39, 0.29) is 28.6 Å². The number of hydrogen-bond donors (Lipinski definition) is 0. The molecule has 4 aromatic carbocycles. The molecule has 6 nitrogen and oxygen atoms in total. The third-order valence-electron chi connectivity index (χ3n) is 6.30. The van der Waals surface area contributed by atoms with Gasteiger partial charge in [-0.25, -0.2) is 4.79 Å². The predicted octanol–water partition coefficient (Wildman–Crippen LogP) is 8.64. The highest BCUT2D eigenvalue weighted by molar-refractivity contribution is 6.42. The molecule has 0 fully saturated rings. The number of Topliss-reactive ketones (excluding diaryl/α,β-unsaturated/α-hetero) is 1. The van der Waals surface area contributed by atoms with Crippen molar-refractivity contribution in [1.29, 1.82) is 0 Å². The highest BCUT2D eigenvalue weighted by Gasteiger charge is 2.29. The molecule has 0 saturated carbocycles. The highest BCUT2D eigenvalue weighted by Crippen LogP contribution is 2.38. The van der Waals surface area contributed by atoms with Crippen molar-refractivity contribution in [2.45, 2.75) is 6.92 Å². The first-order chi connectivity index (χ1) is 19.4. The summed E-state index contributed by atoms with van der Waals surface area (Å²) in [4.78, 5) is 26.5. The zero-order chi connectivity index (χ0) is 27.8. The topological polar surface area (TPSA) is 75.0 Å². The van der Waals surface area contributed by atoms with E-state index in [0.29, 0.717) is 50.3 Å². The number of rotatable bonds is 6. The zero-order valence-electron chi connectivity index (χ0n) is 21.1. The Kier molecular flexibility index (Phi) is 6.80. The minimum atomic E-state index is -0.623. The minimum Gasteiger partial charge on any atom is -0.494 e. The molecule has 40 heavy (non-hydrogen) atoms. The first-order valence-electron chi connectivity index (χ1n) is 12.4. The number of carbonyl (C=O) groups is 2. The van der Waals surface area contributed by atoms with E-state index in [2.05, 4.69) is 0 Å². The van der Waals surface area contributed by atoms with Crippen LogP contribution in [0.4, 0.5) is 0 Å².